The van der Waals surface area contributed by atoms with E-state index in [-0.39, 0.29) is 23.1 Å². The summed E-state index contributed by atoms with van der Waals surface area (Å²) < 4.78 is 0. The van der Waals surface area contributed by atoms with Crippen LogP contribution in [0.4, 0.5) is 0 Å². The zero-order valence-electron chi connectivity index (χ0n) is 6.85. The van der Waals surface area contributed by atoms with Crippen molar-refractivity contribution >= 4 is 23.1 Å². The number of unbranched alkanes of at least 4 members (excludes halogenated alkanes) is 1. The van der Waals surface area contributed by atoms with Gasteiger partial charge in [-0.15, -0.1) is 6.92 Å². The van der Waals surface area contributed by atoms with Gasteiger partial charge in [-0.1, -0.05) is 6.92 Å². The van der Waals surface area contributed by atoms with Crippen molar-refractivity contribution in [3.05, 3.63) is 25.5 Å². The smallest absolute Gasteiger partial charge is 0.332 e. The molecular weight excluding hydrogens is 120 g/mol. The average Bonchev–Trinajstić information content (AvgIpc) is 1.88. The molecule has 9 heavy (non-hydrogen) atoms. The minimum atomic E-state index is 0. The molecule has 0 bridgehead atoms. The van der Waals surface area contributed by atoms with Crippen molar-refractivity contribution in [1.29, 1.82) is 0 Å². The van der Waals surface area contributed by atoms with E-state index in [1.165, 1.54) is 6.42 Å². The molecule has 0 rings (SSSR count). The monoisotopic (exact) mass is 136 g/mol. The molecule has 0 atom stereocenters. The van der Waals surface area contributed by atoms with Gasteiger partial charge in [-0.3, -0.25) is 0 Å². The molecule has 0 aromatic carbocycles. The molecule has 50 valence electrons. The summed E-state index contributed by atoms with van der Waals surface area (Å²) >= 11 is 0. The van der Waals surface area contributed by atoms with Crippen LogP contribution in [0.5, 0.6) is 0 Å². The van der Waals surface area contributed by atoms with E-state index in [1.807, 2.05) is 13.0 Å². The van der Waals surface area contributed by atoms with Crippen molar-refractivity contribution in [2.75, 3.05) is 0 Å². The topological polar surface area (TPSA) is 0 Å². The predicted octanol–water partition coefficient (Wildman–Crippen LogP) is 2.64. The van der Waals surface area contributed by atoms with Crippen LogP contribution in [-0.4, -0.2) is 23.1 Å². The summed E-state index contributed by atoms with van der Waals surface area (Å²) in [5.74, 6) is 0. The van der Waals surface area contributed by atoms with Crippen molar-refractivity contribution in [2.24, 2.45) is 0 Å². The fourth-order valence-electron chi connectivity index (χ4n) is 0. The molecule has 0 saturated carbocycles. The predicted molar refractivity (Wildman–Crippen MR) is 46.2 cm³/mol. The Hall–Kier alpha value is 0.376. The van der Waals surface area contributed by atoms with Gasteiger partial charge in [0.15, 0.2) is 0 Å². The Labute approximate surface area is 75.9 Å². The molecular formula is C8H16Mg. The largest absolute Gasteiger partial charge is 2.00 e. The van der Waals surface area contributed by atoms with Gasteiger partial charge in [0, 0.05) is 0 Å². The van der Waals surface area contributed by atoms with Gasteiger partial charge in [0.1, 0.15) is 0 Å². The van der Waals surface area contributed by atoms with Gasteiger partial charge in [0.2, 0.25) is 0 Å². The summed E-state index contributed by atoms with van der Waals surface area (Å²) in [5, 5.41) is 0. The maximum atomic E-state index is 3.42. The second-order valence-electron chi connectivity index (χ2n) is 1.39. The summed E-state index contributed by atoms with van der Waals surface area (Å²) in [5.41, 5.74) is 0. The first-order valence-corrected chi connectivity index (χ1v) is 3.01. The Morgan fingerprint density at radius 3 is 1.78 bits per heavy atom. The maximum absolute atomic E-state index is 3.42. The summed E-state index contributed by atoms with van der Waals surface area (Å²) in [6.07, 6.45) is 6.96. The molecule has 0 nitrogen and oxygen atoms in total. The molecule has 0 heterocycles. The van der Waals surface area contributed by atoms with Crippen molar-refractivity contribution < 1.29 is 0 Å². The molecule has 0 aromatic rings. The zero-order valence-corrected chi connectivity index (χ0v) is 8.27. The van der Waals surface area contributed by atoms with Gasteiger partial charge in [0.05, 0.1) is 0 Å². The van der Waals surface area contributed by atoms with E-state index in [0.717, 1.165) is 0 Å². The fourth-order valence-corrected chi connectivity index (χ4v) is 0. The Bertz CT molecular complexity index is 33.8. The Kier molecular flexibility index (Phi) is 42.8. The van der Waals surface area contributed by atoms with Crippen LogP contribution < -0.4 is 0 Å². The van der Waals surface area contributed by atoms with Crippen molar-refractivity contribution in [3.63, 3.8) is 0 Å². The molecule has 0 aromatic heterocycles. The second-order valence-corrected chi connectivity index (χ2v) is 1.39. The first-order chi connectivity index (χ1) is 3.83. The van der Waals surface area contributed by atoms with E-state index in [2.05, 4.69) is 27.2 Å². The number of allylic oxidation sites excluding steroid dienone is 2. The van der Waals surface area contributed by atoms with Crippen molar-refractivity contribution in [1.82, 2.24) is 0 Å². The number of rotatable bonds is 1. The molecule has 0 aliphatic rings. The van der Waals surface area contributed by atoms with Crippen LogP contribution in [0.25, 0.3) is 0 Å². The molecule has 0 radical (unpaired) electrons. The minimum absolute atomic E-state index is 0. The van der Waals surface area contributed by atoms with Crippen LogP contribution in [0.2, 0.25) is 0 Å². The van der Waals surface area contributed by atoms with Gasteiger partial charge < -0.3 is 6.42 Å². The quantitative estimate of drug-likeness (QED) is 0.384. The maximum Gasteiger partial charge on any atom is 2.00 e. The molecule has 1 heteroatoms. The van der Waals surface area contributed by atoms with Crippen LogP contribution in [0, 0.1) is 13.3 Å². The average molecular weight is 137 g/mol. The number of hydrogen-bond acceptors (Lipinski definition) is 0. The Morgan fingerprint density at radius 2 is 1.78 bits per heavy atom. The molecule has 0 unspecified atom stereocenters. The summed E-state index contributed by atoms with van der Waals surface area (Å²) in [4.78, 5) is 0. The first kappa shape index (κ1) is 16.2. The normalized spacial score (nSPS) is 7.44. The Morgan fingerprint density at radius 1 is 1.56 bits per heavy atom. The first-order valence-electron chi connectivity index (χ1n) is 3.01. The SMILES string of the molecule is C[CH-]CC.[CH2-]C=CC.[Mg+2]. The molecule has 0 aliphatic carbocycles. The van der Waals surface area contributed by atoms with E-state index in [1.54, 1.807) is 6.08 Å². The van der Waals surface area contributed by atoms with E-state index >= 15 is 0 Å². The summed E-state index contributed by atoms with van der Waals surface area (Å²) in [6, 6.07) is 0. The Balaban J connectivity index is -0.0000000720. The van der Waals surface area contributed by atoms with Gasteiger partial charge in [0.25, 0.3) is 0 Å². The fraction of sp³-hybridized carbons (Fsp3) is 0.500. The van der Waals surface area contributed by atoms with E-state index < -0.39 is 0 Å². The third kappa shape index (κ3) is 60.3. The zero-order chi connectivity index (χ0) is 6.83. The van der Waals surface area contributed by atoms with Crippen molar-refractivity contribution in [2.45, 2.75) is 27.2 Å². The van der Waals surface area contributed by atoms with Gasteiger partial charge in [-0.2, -0.15) is 13.3 Å². The molecule has 0 saturated heterocycles. The van der Waals surface area contributed by atoms with E-state index in [9.17, 15) is 0 Å². The summed E-state index contributed by atoms with van der Waals surface area (Å²) in [6.45, 7) is 9.54. The van der Waals surface area contributed by atoms with E-state index in [4.69, 9.17) is 0 Å². The molecule has 0 N–H and O–H groups in total. The third-order valence-corrected chi connectivity index (χ3v) is 0.644. The van der Waals surface area contributed by atoms with Crippen LogP contribution >= 0.6 is 0 Å². The van der Waals surface area contributed by atoms with Gasteiger partial charge in [-0.05, 0) is 0 Å². The second kappa shape index (κ2) is 23.8. The molecule has 0 spiro atoms. The van der Waals surface area contributed by atoms with Gasteiger partial charge in [-0.25, -0.2) is 19.1 Å². The number of hydrogen-bond donors (Lipinski definition) is 0. The van der Waals surface area contributed by atoms with Crippen LogP contribution in [-0.2, 0) is 0 Å². The molecule has 0 amide bonds. The van der Waals surface area contributed by atoms with Gasteiger partial charge >= 0.3 is 23.1 Å². The third-order valence-electron chi connectivity index (χ3n) is 0.644. The molecule has 0 aliphatic heterocycles. The standard InChI is InChI=1S/C4H9.C4H7.Mg/c2*1-3-4-2;/h3H,4H2,1-2H3;3-4H,1H2,2H3;/q2*-1;+2. The molecule has 0 fully saturated rings. The van der Waals surface area contributed by atoms with E-state index in [0.29, 0.717) is 0 Å². The van der Waals surface area contributed by atoms with Crippen LogP contribution in [0.3, 0.4) is 0 Å². The van der Waals surface area contributed by atoms with Crippen molar-refractivity contribution in [3.8, 4) is 0 Å². The summed E-state index contributed by atoms with van der Waals surface area (Å²) in [7, 11) is 0. The van der Waals surface area contributed by atoms with Crippen LogP contribution in [0.1, 0.15) is 27.2 Å². The van der Waals surface area contributed by atoms with Crippen LogP contribution in [0.15, 0.2) is 12.2 Å². The minimum Gasteiger partial charge on any atom is -0.332 e.